The molecule has 0 aliphatic carbocycles. The summed E-state index contributed by atoms with van der Waals surface area (Å²) in [5.74, 6) is -5.88. The van der Waals surface area contributed by atoms with E-state index in [0.717, 1.165) is 12.1 Å². The van der Waals surface area contributed by atoms with Crippen LogP contribution < -0.4 is 15.4 Å². The van der Waals surface area contributed by atoms with E-state index in [1.54, 1.807) is 0 Å². The first-order valence-electron chi connectivity index (χ1n) is 17.2. The van der Waals surface area contributed by atoms with Gasteiger partial charge >= 0.3 is 18.1 Å². The zero-order chi connectivity index (χ0) is 40.7. The highest BCUT2D eigenvalue weighted by atomic mass is 19.4. The number of hydrogen-bond donors (Lipinski definition) is 4. The number of carboxylic acids is 1. The minimum absolute atomic E-state index is 0.0108. The number of nitrogens with one attached hydrogen (secondary N) is 3. The summed E-state index contributed by atoms with van der Waals surface area (Å²) in [4.78, 5) is 61.0. The van der Waals surface area contributed by atoms with E-state index in [0.29, 0.717) is 12.1 Å². The summed E-state index contributed by atoms with van der Waals surface area (Å²) in [7, 11) is 0. The van der Waals surface area contributed by atoms with Crippen molar-refractivity contribution in [3.8, 4) is 28.4 Å². The molecule has 0 radical (unpaired) electrons. The molecule has 3 atom stereocenters. The molecule has 0 saturated carbocycles. The van der Waals surface area contributed by atoms with Crippen LogP contribution in [0.3, 0.4) is 0 Å². The second-order valence-electron chi connectivity index (χ2n) is 12.6. The van der Waals surface area contributed by atoms with Crippen LogP contribution in [0.1, 0.15) is 62.2 Å². The number of benzene rings is 2. The lowest BCUT2D eigenvalue weighted by atomic mass is 10.0. The molecule has 14 nitrogen and oxygen atoms in total. The van der Waals surface area contributed by atoms with Gasteiger partial charge in [-0.15, -0.1) is 0 Å². The van der Waals surface area contributed by atoms with E-state index in [1.807, 2.05) is 6.92 Å². The van der Waals surface area contributed by atoms with Crippen LogP contribution in [0, 0.1) is 11.6 Å². The molecule has 19 heteroatoms. The number of imidazole rings is 1. The summed E-state index contributed by atoms with van der Waals surface area (Å²) in [5.41, 5.74) is -0.705. The second-order valence-corrected chi connectivity index (χ2v) is 12.6. The molecule has 0 saturated heterocycles. The fourth-order valence-electron chi connectivity index (χ4n) is 5.50. The van der Waals surface area contributed by atoms with Crippen LogP contribution in [-0.4, -0.2) is 80.3 Å². The molecule has 0 spiro atoms. The predicted octanol–water partition coefficient (Wildman–Crippen LogP) is 5.14. The van der Waals surface area contributed by atoms with E-state index < -0.39 is 78.3 Å². The molecular weight excluding hydrogens is 749 g/mol. The topological polar surface area (TPSA) is 188 Å². The summed E-state index contributed by atoms with van der Waals surface area (Å²) in [5, 5.41) is 19.2. The van der Waals surface area contributed by atoms with Gasteiger partial charge in [-0.1, -0.05) is 19.1 Å². The van der Waals surface area contributed by atoms with Gasteiger partial charge in [-0.2, -0.15) is 18.3 Å². The number of hydrogen-bond acceptors (Lipinski definition) is 10. The number of rotatable bonds is 15. The first-order valence-corrected chi connectivity index (χ1v) is 17.2. The number of carboxylic acid groups (broad SMARTS) is 1. The number of ether oxygens (including phenoxy) is 2. The molecule has 1 aliphatic rings. The van der Waals surface area contributed by atoms with Gasteiger partial charge in [0, 0.05) is 17.3 Å². The highest BCUT2D eigenvalue weighted by molar-refractivity contribution is 5.90. The molecule has 0 fully saturated rings. The van der Waals surface area contributed by atoms with Crippen molar-refractivity contribution in [3.05, 3.63) is 88.9 Å². The van der Waals surface area contributed by atoms with Crippen LogP contribution in [0.25, 0.3) is 22.6 Å². The summed E-state index contributed by atoms with van der Waals surface area (Å²) in [6, 6.07) is 6.02. The van der Waals surface area contributed by atoms with Crippen LogP contribution in [0.5, 0.6) is 5.75 Å². The summed E-state index contributed by atoms with van der Waals surface area (Å²) >= 11 is 0. The molecule has 2 aromatic carbocycles. The third-order valence-electron chi connectivity index (χ3n) is 8.41. The van der Waals surface area contributed by atoms with E-state index in [-0.39, 0.29) is 52.8 Å². The lowest BCUT2D eigenvalue weighted by Crippen LogP contribution is -2.49. The number of fused-ring (bicyclic) bond motifs is 1. The molecular formula is C37H36F5N7O7. The molecule has 3 unspecified atom stereocenters. The number of aromatic amines is 1. The number of H-pyrrole nitrogens is 1. The Morgan fingerprint density at radius 1 is 1.00 bits per heavy atom. The van der Waals surface area contributed by atoms with Gasteiger partial charge in [-0.05, 0) is 56.7 Å². The standard InChI is InChI=1S/C37H36F5N7O7/c1-4-13-55-22-9-10-23(25(15-22)37(40,41)42)27-11-8-21(16-43-27)32(36(54)56-14-12-30(50)45-19(2)34(51)46-20(3)35(52)53)49-18-29-28(17-44-49)47-33(48-29)24-6-5-7-26(38)31(24)39/h5-11,15-17,19-20,32H,4,12-14,18H2,1-3H3,(H,45,50)(H,46,51)(H,47,48)(H,52,53). The van der Waals surface area contributed by atoms with Crippen molar-refractivity contribution in [2.45, 2.75) is 64.5 Å². The lowest BCUT2D eigenvalue weighted by molar-refractivity contribution is -0.151. The number of aromatic nitrogens is 3. The van der Waals surface area contributed by atoms with Crippen molar-refractivity contribution in [1.82, 2.24) is 30.6 Å². The van der Waals surface area contributed by atoms with Crippen LogP contribution in [0.4, 0.5) is 22.0 Å². The maximum atomic E-state index is 14.6. The fraction of sp³-hybridized carbons (Fsp3) is 0.324. The van der Waals surface area contributed by atoms with E-state index >= 15 is 0 Å². The number of aliphatic carboxylic acids is 1. The molecule has 3 heterocycles. The molecule has 2 aromatic heterocycles. The molecule has 296 valence electrons. The molecule has 5 rings (SSSR count). The highest BCUT2D eigenvalue weighted by Gasteiger charge is 2.36. The zero-order valence-corrected chi connectivity index (χ0v) is 30.1. The fourth-order valence-corrected chi connectivity index (χ4v) is 5.50. The third kappa shape index (κ3) is 9.63. The van der Waals surface area contributed by atoms with Gasteiger partial charge in [0.25, 0.3) is 0 Å². The number of esters is 1. The van der Waals surface area contributed by atoms with E-state index in [4.69, 9.17) is 14.6 Å². The van der Waals surface area contributed by atoms with Crippen molar-refractivity contribution in [1.29, 1.82) is 0 Å². The average molecular weight is 786 g/mol. The van der Waals surface area contributed by atoms with Crippen molar-refractivity contribution in [2.75, 3.05) is 13.2 Å². The molecule has 0 bridgehead atoms. The number of nitrogens with zero attached hydrogens (tertiary/aromatic N) is 4. The minimum atomic E-state index is -4.75. The molecule has 2 amide bonds. The smallest absolute Gasteiger partial charge is 0.417 e. The van der Waals surface area contributed by atoms with Gasteiger partial charge in [0.05, 0.1) is 54.0 Å². The Bertz CT molecular complexity index is 2120. The van der Waals surface area contributed by atoms with Crippen molar-refractivity contribution in [3.63, 3.8) is 0 Å². The maximum absolute atomic E-state index is 14.6. The normalized spacial score (nSPS) is 14.0. The largest absolute Gasteiger partial charge is 0.494 e. The van der Waals surface area contributed by atoms with Gasteiger partial charge in [0.1, 0.15) is 30.3 Å². The van der Waals surface area contributed by atoms with E-state index in [1.165, 1.54) is 67.7 Å². The van der Waals surface area contributed by atoms with Crippen molar-refractivity contribution < 1.29 is 55.7 Å². The summed E-state index contributed by atoms with van der Waals surface area (Å²) < 4.78 is 81.8. The summed E-state index contributed by atoms with van der Waals surface area (Å²) in [6.07, 6.45) is -2.11. The number of alkyl halides is 3. The van der Waals surface area contributed by atoms with Crippen LogP contribution in [-0.2, 0) is 36.6 Å². The Balaban J connectivity index is 1.38. The first kappa shape index (κ1) is 40.8. The SMILES string of the molecule is CCCOc1ccc(-c2ccc(C(C(=O)OCCC(=O)NC(C)C(=O)NC(C)C(=O)O)N3Cc4nc(-c5cccc(F)c5F)[nH]c4C=N3)cn2)c(C(F)(F)F)c1. The minimum Gasteiger partial charge on any atom is -0.494 e. The summed E-state index contributed by atoms with van der Waals surface area (Å²) in [6.45, 7) is 3.95. The average Bonchev–Trinajstić information content (AvgIpc) is 3.58. The monoisotopic (exact) mass is 785 g/mol. The number of pyridine rings is 1. The molecule has 56 heavy (non-hydrogen) atoms. The Kier molecular flexibility index (Phi) is 12.7. The number of halogens is 5. The Morgan fingerprint density at radius 3 is 2.45 bits per heavy atom. The van der Waals surface area contributed by atoms with Crippen molar-refractivity contribution >= 4 is 30.0 Å². The van der Waals surface area contributed by atoms with Gasteiger partial charge in [0.2, 0.25) is 11.8 Å². The quantitative estimate of drug-likeness (QED) is 0.0928. The van der Waals surface area contributed by atoms with Gasteiger partial charge in [-0.25, -0.2) is 18.6 Å². The third-order valence-corrected chi connectivity index (χ3v) is 8.41. The number of amides is 2. The van der Waals surface area contributed by atoms with Gasteiger partial charge in [-0.3, -0.25) is 24.4 Å². The maximum Gasteiger partial charge on any atom is 0.417 e. The lowest BCUT2D eigenvalue weighted by Gasteiger charge is -2.29. The Hall–Kier alpha value is -6.40. The van der Waals surface area contributed by atoms with E-state index in [9.17, 15) is 41.1 Å². The number of hydrazone groups is 1. The molecule has 4 aromatic rings. The Morgan fingerprint density at radius 2 is 1.77 bits per heavy atom. The first-order chi connectivity index (χ1) is 26.6. The van der Waals surface area contributed by atoms with E-state index in [2.05, 4.69) is 30.7 Å². The molecule has 4 N–H and O–H groups in total. The highest BCUT2D eigenvalue weighted by Crippen LogP contribution is 2.39. The van der Waals surface area contributed by atoms with Crippen molar-refractivity contribution in [2.24, 2.45) is 5.10 Å². The van der Waals surface area contributed by atoms with Gasteiger partial charge < -0.3 is 30.2 Å². The van der Waals surface area contributed by atoms with Crippen LogP contribution in [0.15, 0.2) is 59.8 Å². The number of carbonyl (C=O) groups excluding carboxylic acids is 3. The predicted molar refractivity (Wildman–Crippen MR) is 189 cm³/mol. The second kappa shape index (κ2) is 17.4. The van der Waals surface area contributed by atoms with Crippen LogP contribution in [0.2, 0.25) is 0 Å². The van der Waals surface area contributed by atoms with Crippen LogP contribution >= 0.6 is 0 Å². The Labute approximate surface area is 316 Å². The zero-order valence-electron chi connectivity index (χ0n) is 30.1. The molecule has 1 aliphatic heterocycles. The number of carbonyl (C=O) groups is 4. The van der Waals surface area contributed by atoms with Gasteiger partial charge in [0.15, 0.2) is 17.7 Å².